The van der Waals surface area contributed by atoms with Gasteiger partial charge in [-0.1, -0.05) is 57.9 Å². The van der Waals surface area contributed by atoms with Crippen LogP contribution in [-0.2, 0) is 6.42 Å². The minimum atomic E-state index is 0.559. The minimum absolute atomic E-state index is 0.559. The Morgan fingerprint density at radius 3 is 2.80 bits per heavy atom. The summed E-state index contributed by atoms with van der Waals surface area (Å²) < 4.78 is 0. The van der Waals surface area contributed by atoms with Crippen molar-refractivity contribution in [3.05, 3.63) is 35.4 Å². The largest absolute Gasteiger partial charge is 0.310 e. The van der Waals surface area contributed by atoms with Gasteiger partial charge in [0.05, 0.1) is 0 Å². The molecule has 20 heavy (non-hydrogen) atoms. The summed E-state index contributed by atoms with van der Waals surface area (Å²) in [5.41, 5.74) is 2.98. The third-order valence-electron chi connectivity index (χ3n) is 4.78. The summed E-state index contributed by atoms with van der Waals surface area (Å²) in [6, 6.07) is 9.80. The summed E-state index contributed by atoms with van der Waals surface area (Å²) in [4.78, 5) is 0. The van der Waals surface area contributed by atoms with Gasteiger partial charge < -0.3 is 5.32 Å². The number of hydrogen-bond acceptors (Lipinski definition) is 1. The van der Waals surface area contributed by atoms with Crippen molar-refractivity contribution in [1.29, 1.82) is 0 Å². The van der Waals surface area contributed by atoms with Gasteiger partial charge in [-0.25, -0.2) is 0 Å². The van der Waals surface area contributed by atoms with Crippen LogP contribution in [0, 0.1) is 11.8 Å². The standard InChI is InChI=1S/C19H31N/c1-4-12-20-19(17-10-6-8-15(3)13-17)18-11-7-9-16(5-2)14-18/h7,9,11,14-15,17,19-20H,4-6,8,10,12-13H2,1-3H3. The van der Waals surface area contributed by atoms with E-state index in [1.54, 1.807) is 0 Å². The number of hydrogen-bond donors (Lipinski definition) is 1. The highest BCUT2D eigenvalue weighted by atomic mass is 14.9. The molecule has 0 saturated heterocycles. The highest BCUT2D eigenvalue weighted by Crippen LogP contribution is 2.37. The Bertz CT molecular complexity index is 399. The van der Waals surface area contributed by atoms with Gasteiger partial charge in [-0.3, -0.25) is 0 Å². The van der Waals surface area contributed by atoms with Crippen LogP contribution in [0.1, 0.15) is 70.0 Å². The highest BCUT2D eigenvalue weighted by Gasteiger charge is 2.27. The van der Waals surface area contributed by atoms with Crippen molar-refractivity contribution in [2.75, 3.05) is 6.54 Å². The van der Waals surface area contributed by atoms with Crippen LogP contribution < -0.4 is 5.32 Å². The predicted octanol–water partition coefficient (Wildman–Crippen LogP) is 5.12. The van der Waals surface area contributed by atoms with E-state index in [1.165, 1.54) is 43.2 Å². The van der Waals surface area contributed by atoms with Gasteiger partial charge in [-0.05, 0) is 55.2 Å². The van der Waals surface area contributed by atoms with Crippen molar-refractivity contribution in [3.63, 3.8) is 0 Å². The lowest BCUT2D eigenvalue weighted by Crippen LogP contribution is -2.31. The second kappa shape index (κ2) is 7.83. The average Bonchev–Trinajstić information content (AvgIpc) is 2.48. The third-order valence-corrected chi connectivity index (χ3v) is 4.78. The van der Waals surface area contributed by atoms with Crippen LogP contribution in [-0.4, -0.2) is 6.54 Å². The van der Waals surface area contributed by atoms with Gasteiger partial charge >= 0.3 is 0 Å². The van der Waals surface area contributed by atoms with E-state index in [2.05, 4.69) is 50.4 Å². The molecule has 1 aromatic carbocycles. The topological polar surface area (TPSA) is 12.0 Å². The summed E-state index contributed by atoms with van der Waals surface area (Å²) in [6.07, 6.45) is 7.96. The Hall–Kier alpha value is -0.820. The van der Waals surface area contributed by atoms with Gasteiger partial charge in [0, 0.05) is 6.04 Å². The fourth-order valence-electron chi connectivity index (χ4n) is 3.65. The molecule has 3 unspecified atom stereocenters. The van der Waals surface area contributed by atoms with Gasteiger partial charge in [-0.2, -0.15) is 0 Å². The number of aryl methyl sites for hydroxylation is 1. The molecule has 1 aliphatic rings. The quantitative estimate of drug-likeness (QED) is 0.759. The Kier molecular flexibility index (Phi) is 6.09. The van der Waals surface area contributed by atoms with E-state index in [-0.39, 0.29) is 0 Å². The van der Waals surface area contributed by atoms with Gasteiger partial charge in [0.25, 0.3) is 0 Å². The van der Waals surface area contributed by atoms with E-state index in [4.69, 9.17) is 0 Å². The van der Waals surface area contributed by atoms with E-state index in [1.807, 2.05) is 0 Å². The molecule has 2 rings (SSSR count). The lowest BCUT2D eigenvalue weighted by atomic mass is 9.76. The molecule has 3 atom stereocenters. The highest BCUT2D eigenvalue weighted by molar-refractivity contribution is 5.26. The summed E-state index contributed by atoms with van der Waals surface area (Å²) in [6.45, 7) is 8.06. The van der Waals surface area contributed by atoms with Crippen LogP contribution in [0.2, 0.25) is 0 Å². The zero-order chi connectivity index (χ0) is 14.4. The summed E-state index contributed by atoms with van der Waals surface area (Å²) in [5, 5.41) is 3.83. The first-order valence-electron chi connectivity index (χ1n) is 8.56. The molecule has 1 nitrogen and oxygen atoms in total. The number of rotatable bonds is 6. The van der Waals surface area contributed by atoms with E-state index in [0.717, 1.165) is 24.8 Å². The summed E-state index contributed by atoms with van der Waals surface area (Å²) in [5.74, 6) is 1.71. The van der Waals surface area contributed by atoms with Crippen LogP contribution >= 0.6 is 0 Å². The zero-order valence-corrected chi connectivity index (χ0v) is 13.5. The van der Waals surface area contributed by atoms with E-state index < -0.39 is 0 Å². The fraction of sp³-hybridized carbons (Fsp3) is 0.684. The molecule has 0 aliphatic heterocycles. The van der Waals surface area contributed by atoms with E-state index >= 15 is 0 Å². The molecule has 0 amide bonds. The van der Waals surface area contributed by atoms with Crippen LogP contribution in [0.25, 0.3) is 0 Å². The molecule has 0 heterocycles. The molecule has 1 saturated carbocycles. The molecule has 1 aromatic rings. The normalized spacial score (nSPS) is 24.6. The monoisotopic (exact) mass is 273 g/mol. The Labute approximate surface area is 125 Å². The number of benzene rings is 1. The van der Waals surface area contributed by atoms with Crippen LogP contribution in [0.5, 0.6) is 0 Å². The maximum absolute atomic E-state index is 3.83. The van der Waals surface area contributed by atoms with Crippen LogP contribution in [0.4, 0.5) is 0 Å². The van der Waals surface area contributed by atoms with Crippen molar-refractivity contribution in [3.8, 4) is 0 Å². The molecule has 0 aromatic heterocycles. The van der Waals surface area contributed by atoms with E-state index in [9.17, 15) is 0 Å². The molecule has 1 fully saturated rings. The van der Waals surface area contributed by atoms with Crippen LogP contribution in [0.15, 0.2) is 24.3 Å². The average molecular weight is 273 g/mol. The molecule has 1 heteroatoms. The molecular formula is C19H31N. The number of nitrogens with one attached hydrogen (secondary N) is 1. The second-order valence-corrected chi connectivity index (χ2v) is 6.56. The summed E-state index contributed by atoms with van der Waals surface area (Å²) >= 11 is 0. The molecule has 1 N–H and O–H groups in total. The van der Waals surface area contributed by atoms with Gasteiger partial charge in [-0.15, -0.1) is 0 Å². The van der Waals surface area contributed by atoms with Crippen molar-refractivity contribution in [1.82, 2.24) is 5.32 Å². The summed E-state index contributed by atoms with van der Waals surface area (Å²) in [7, 11) is 0. The molecule has 0 radical (unpaired) electrons. The van der Waals surface area contributed by atoms with Crippen molar-refractivity contribution >= 4 is 0 Å². The third kappa shape index (κ3) is 4.09. The lowest BCUT2D eigenvalue weighted by Gasteiger charge is -2.34. The smallest absolute Gasteiger partial charge is 0.0348 e. The second-order valence-electron chi connectivity index (χ2n) is 6.56. The Balaban J connectivity index is 2.16. The van der Waals surface area contributed by atoms with Gasteiger partial charge in [0.15, 0.2) is 0 Å². The first-order chi connectivity index (χ1) is 9.74. The first kappa shape index (κ1) is 15.6. The SMILES string of the molecule is CCCNC(c1cccc(CC)c1)C1CCCC(C)C1. The maximum atomic E-state index is 3.83. The molecule has 112 valence electrons. The molecule has 1 aliphatic carbocycles. The maximum Gasteiger partial charge on any atom is 0.0348 e. The Morgan fingerprint density at radius 2 is 2.10 bits per heavy atom. The minimum Gasteiger partial charge on any atom is -0.310 e. The fourth-order valence-corrected chi connectivity index (χ4v) is 3.65. The molecule has 0 bridgehead atoms. The first-order valence-corrected chi connectivity index (χ1v) is 8.56. The lowest BCUT2D eigenvalue weighted by molar-refractivity contribution is 0.223. The molecular weight excluding hydrogens is 242 g/mol. The van der Waals surface area contributed by atoms with Gasteiger partial charge in [0.1, 0.15) is 0 Å². The zero-order valence-electron chi connectivity index (χ0n) is 13.5. The Morgan fingerprint density at radius 1 is 1.25 bits per heavy atom. The van der Waals surface area contributed by atoms with Crippen molar-refractivity contribution < 1.29 is 0 Å². The molecule has 0 spiro atoms. The van der Waals surface area contributed by atoms with E-state index in [0.29, 0.717) is 6.04 Å². The van der Waals surface area contributed by atoms with Crippen LogP contribution in [0.3, 0.4) is 0 Å². The van der Waals surface area contributed by atoms with Crippen molar-refractivity contribution in [2.45, 2.75) is 65.3 Å². The van der Waals surface area contributed by atoms with Gasteiger partial charge in [0.2, 0.25) is 0 Å². The van der Waals surface area contributed by atoms with Crippen molar-refractivity contribution in [2.24, 2.45) is 11.8 Å². The predicted molar refractivity (Wildman–Crippen MR) is 88.0 cm³/mol.